The van der Waals surface area contributed by atoms with Crippen LogP contribution in [-0.4, -0.2) is 40.2 Å². The molecule has 26 heavy (non-hydrogen) atoms. The van der Waals surface area contributed by atoms with Crippen molar-refractivity contribution in [2.45, 2.75) is 31.7 Å². The third-order valence-corrected chi connectivity index (χ3v) is 3.74. The van der Waals surface area contributed by atoms with E-state index in [2.05, 4.69) is 15.5 Å². The van der Waals surface area contributed by atoms with Crippen molar-refractivity contribution in [1.82, 2.24) is 15.5 Å². The van der Waals surface area contributed by atoms with Gasteiger partial charge in [0, 0.05) is 17.7 Å². The average molecular weight is 361 g/mol. The Morgan fingerprint density at radius 1 is 1.31 bits per heavy atom. The van der Waals surface area contributed by atoms with Gasteiger partial charge in [0.2, 0.25) is 11.7 Å². The normalized spacial score (nSPS) is 11.9. The summed E-state index contributed by atoms with van der Waals surface area (Å²) in [5.74, 6) is -0.653. The van der Waals surface area contributed by atoms with Crippen LogP contribution in [0.2, 0.25) is 0 Å². The molecular weight excluding hydrogens is 338 g/mol. The van der Waals surface area contributed by atoms with E-state index >= 15 is 0 Å². The fourth-order valence-electron chi connectivity index (χ4n) is 2.32. The first-order valence-electron chi connectivity index (χ1n) is 8.41. The van der Waals surface area contributed by atoms with Gasteiger partial charge in [-0.3, -0.25) is 9.59 Å². The summed E-state index contributed by atoms with van der Waals surface area (Å²) in [6.45, 7) is 0.672. The quantitative estimate of drug-likeness (QED) is 0.458. The molecule has 0 unspecified atom stereocenters. The number of benzene rings is 1. The van der Waals surface area contributed by atoms with Crippen LogP contribution in [0.3, 0.4) is 0 Å². The molecule has 0 saturated heterocycles. The summed E-state index contributed by atoms with van der Waals surface area (Å²) in [5.41, 5.74) is 12.5. The first-order valence-corrected chi connectivity index (χ1v) is 8.41. The molecule has 1 atom stereocenters. The van der Waals surface area contributed by atoms with Gasteiger partial charge >= 0.3 is 5.97 Å². The zero-order chi connectivity index (χ0) is 18.9. The Morgan fingerprint density at radius 2 is 2.12 bits per heavy atom. The smallest absolute Gasteiger partial charge is 0.305 e. The van der Waals surface area contributed by atoms with Crippen LogP contribution < -0.4 is 16.8 Å². The number of aromatic nitrogens is 2. The van der Waals surface area contributed by atoms with Gasteiger partial charge in [0.15, 0.2) is 0 Å². The Labute approximate surface area is 150 Å². The number of carboxylic acids is 1. The maximum atomic E-state index is 12.1. The van der Waals surface area contributed by atoms with Crippen molar-refractivity contribution in [3.05, 3.63) is 35.7 Å². The van der Waals surface area contributed by atoms with Gasteiger partial charge in [0.1, 0.15) is 0 Å². The monoisotopic (exact) mass is 361 g/mol. The molecule has 0 aliphatic heterocycles. The molecule has 1 aromatic heterocycles. The largest absolute Gasteiger partial charge is 0.481 e. The van der Waals surface area contributed by atoms with Gasteiger partial charge in [-0.1, -0.05) is 23.7 Å². The van der Waals surface area contributed by atoms with Crippen LogP contribution in [0, 0.1) is 0 Å². The lowest BCUT2D eigenvalue weighted by Gasteiger charge is -2.05. The highest BCUT2D eigenvalue weighted by molar-refractivity contribution is 5.95. The number of carboxylic acid groups (broad SMARTS) is 1. The van der Waals surface area contributed by atoms with Crippen LogP contribution in [0.15, 0.2) is 28.8 Å². The Bertz CT molecular complexity index is 746. The molecular formula is C17H23N5O4. The molecule has 1 heterocycles. The Morgan fingerprint density at radius 3 is 2.85 bits per heavy atom. The summed E-state index contributed by atoms with van der Waals surface area (Å²) in [6, 6.07) is 6.33. The number of hydrogen-bond acceptors (Lipinski definition) is 7. The van der Waals surface area contributed by atoms with Crippen molar-refractivity contribution in [2.75, 3.05) is 13.1 Å². The molecule has 0 spiro atoms. The van der Waals surface area contributed by atoms with Gasteiger partial charge in [-0.25, -0.2) is 0 Å². The predicted molar refractivity (Wildman–Crippen MR) is 94.2 cm³/mol. The molecule has 1 amide bonds. The van der Waals surface area contributed by atoms with Crippen LogP contribution in [0.5, 0.6) is 0 Å². The highest BCUT2D eigenvalue weighted by Crippen LogP contribution is 2.21. The lowest BCUT2D eigenvalue weighted by Crippen LogP contribution is -2.25. The number of nitrogens with zero attached hydrogens (tertiary/aromatic N) is 2. The van der Waals surface area contributed by atoms with Gasteiger partial charge < -0.3 is 26.4 Å². The number of aliphatic carboxylic acids is 1. The molecule has 0 aliphatic carbocycles. The zero-order valence-electron chi connectivity index (χ0n) is 14.4. The minimum Gasteiger partial charge on any atom is -0.481 e. The summed E-state index contributed by atoms with van der Waals surface area (Å²) in [5, 5.41) is 15.1. The first kappa shape index (κ1) is 19.5. The minimum absolute atomic E-state index is 0.0579. The van der Waals surface area contributed by atoms with E-state index in [1.54, 1.807) is 24.3 Å². The number of nitrogens with two attached hydrogens (primary N) is 2. The minimum atomic E-state index is -0.971. The van der Waals surface area contributed by atoms with Gasteiger partial charge in [0.05, 0.1) is 12.5 Å². The number of hydrogen-bond donors (Lipinski definition) is 4. The number of nitrogens with one attached hydrogen (secondary N) is 1. The van der Waals surface area contributed by atoms with Gasteiger partial charge in [0.25, 0.3) is 5.91 Å². The molecule has 9 heteroatoms. The van der Waals surface area contributed by atoms with Crippen LogP contribution in [0.1, 0.15) is 48.0 Å². The fraction of sp³-hybridized carbons (Fsp3) is 0.412. The maximum absolute atomic E-state index is 12.1. The molecule has 0 bridgehead atoms. The molecule has 1 aromatic carbocycles. The van der Waals surface area contributed by atoms with E-state index < -0.39 is 5.97 Å². The third kappa shape index (κ3) is 5.64. The Hall–Kier alpha value is -2.78. The Kier molecular flexibility index (Phi) is 7.24. The van der Waals surface area contributed by atoms with Gasteiger partial charge in [-0.2, -0.15) is 4.98 Å². The highest BCUT2D eigenvalue weighted by atomic mass is 16.5. The second kappa shape index (κ2) is 9.64. The van der Waals surface area contributed by atoms with Crippen molar-refractivity contribution < 1.29 is 19.2 Å². The van der Waals surface area contributed by atoms with Crippen molar-refractivity contribution >= 4 is 11.9 Å². The highest BCUT2D eigenvalue weighted by Gasteiger charge is 2.16. The van der Waals surface area contributed by atoms with E-state index in [9.17, 15) is 9.59 Å². The molecule has 140 valence electrons. The van der Waals surface area contributed by atoms with E-state index in [4.69, 9.17) is 21.1 Å². The third-order valence-electron chi connectivity index (χ3n) is 3.74. The van der Waals surface area contributed by atoms with Crippen molar-refractivity contribution in [3.8, 4) is 11.4 Å². The molecule has 0 saturated carbocycles. The van der Waals surface area contributed by atoms with Crippen molar-refractivity contribution in [1.29, 1.82) is 0 Å². The van der Waals surface area contributed by atoms with Gasteiger partial charge in [-0.05, 0) is 31.5 Å². The van der Waals surface area contributed by atoms with E-state index in [1.807, 2.05) is 0 Å². The number of amides is 1. The standard InChI is InChI=1S/C17H23N5O4/c18-8-2-1-6-13(19)17-21-15(22-26-17)11-4-3-5-12(10-11)16(25)20-9-7-14(23)24/h3-5,10,13H,1-2,6-9,18-19H2,(H,20,25)(H,23,24)/t13-/m0/s1. The Balaban J connectivity index is 2.03. The van der Waals surface area contributed by atoms with Crippen LogP contribution >= 0.6 is 0 Å². The summed E-state index contributed by atoms with van der Waals surface area (Å²) >= 11 is 0. The number of carbonyl (C=O) groups is 2. The molecule has 2 aromatic rings. The zero-order valence-corrected chi connectivity index (χ0v) is 14.4. The van der Waals surface area contributed by atoms with Crippen LogP contribution in [-0.2, 0) is 4.79 Å². The fourth-order valence-corrected chi connectivity index (χ4v) is 2.32. The average Bonchev–Trinajstić information content (AvgIpc) is 3.12. The number of carbonyl (C=O) groups excluding carboxylic acids is 1. The first-order chi connectivity index (χ1) is 12.5. The van der Waals surface area contributed by atoms with E-state index in [1.165, 1.54) is 0 Å². The molecule has 0 radical (unpaired) electrons. The molecule has 6 N–H and O–H groups in total. The van der Waals surface area contributed by atoms with Crippen molar-refractivity contribution in [3.63, 3.8) is 0 Å². The SMILES string of the molecule is NCCCC[C@H](N)c1nc(-c2cccc(C(=O)NCCC(=O)O)c2)no1. The summed E-state index contributed by atoms with van der Waals surface area (Å²) in [4.78, 5) is 26.9. The van der Waals surface area contributed by atoms with E-state index in [0.29, 0.717) is 35.8 Å². The summed E-state index contributed by atoms with van der Waals surface area (Å²) in [7, 11) is 0. The van der Waals surface area contributed by atoms with E-state index in [0.717, 1.165) is 12.8 Å². The molecule has 9 nitrogen and oxygen atoms in total. The summed E-state index contributed by atoms with van der Waals surface area (Å²) < 4.78 is 5.22. The summed E-state index contributed by atoms with van der Waals surface area (Å²) in [6.07, 6.45) is 2.32. The number of unbranched alkanes of at least 4 members (excludes halogenated alkanes) is 1. The van der Waals surface area contributed by atoms with Crippen LogP contribution in [0.4, 0.5) is 0 Å². The molecule has 0 aliphatic rings. The van der Waals surface area contributed by atoms with Gasteiger partial charge in [-0.15, -0.1) is 0 Å². The molecule has 0 fully saturated rings. The number of rotatable bonds is 10. The maximum Gasteiger partial charge on any atom is 0.305 e. The lowest BCUT2D eigenvalue weighted by atomic mass is 10.1. The molecule has 2 rings (SSSR count). The second-order valence-corrected chi connectivity index (χ2v) is 5.83. The topological polar surface area (TPSA) is 157 Å². The van der Waals surface area contributed by atoms with Crippen LogP contribution in [0.25, 0.3) is 11.4 Å². The second-order valence-electron chi connectivity index (χ2n) is 5.83. The van der Waals surface area contributed by atoms with Crippen molar-refractivity contribution in [2.24, 2.45) is 11.5 Å². The van der Waals surface area contributed by atoms with E-state index in [-0.39, 0.29) is 24.9 Å². The predicted octanol–water partition coefficient (Wildman–Crippen LogP) is 1.07. The lowest BCUT2D eigenvalue weighted by molar-refractivity contribution is -0.136.